The van der Waals surface area contributed by atoms with E-state index in [1.807, 2.05) is 42.5 Å². The lowest BCUT2D eigenvalue weighted by Gasteiger charge is -2.29. The molecule has 0 radical (unpaired) electrons. The van der Waals surface area contributed by atoms with Crippen molar-refractivity contribution in [1.82, 2.24) is 19.6 Å². The first-order valence-corrected chi connectivity index (χ1v) is 11.5. The molecular weight excluding hydrogens is 436 g/mol. The van der Waals surface area contributed by atoms with Crippen LogP contribution in [0.1, 0.15) is 28.4 Å². The van der Waals surface area contributed by atoms with Crippen molar-refractivity contribution in [2.24, 2.45) is 0 Å². The van der Waals surface area contributed by atoms with E-state index in [4.69, 9.17) is 14.5 Å². The van der Waals surface area contributed by atoms with Crippen molar-refractivity contribution >= 4 is 16.4 Å². The molecule has 0 saturated carbocycles. The van der Waals surface area contributed by atoms with E-state index >= 15 is 0 Å². The minimum absolute atomic E-state index is 0.107. The summed E-state index contributed by atoms with van der Waals surface area (Å²) in [5.74, 6) is 2.62. The van der Waals surface area contributed by atoms with Crippen LogP contribution < -0.4 is 9.47 Å². The lowest BCUT2D eigenvalue weighted by atomic mass is 9.81. The second-order valence-electron chi connectivity index (χ2n) is 8.51. The van der Waals surface area contributed by atoms with E-state index in [2.05, 4.69) is 64.7 Å². The van der Waals surface area contributed by atoms with Crippen LogP contribution in [0.5, 0.6) is 17.4 Å². The van der Waals surface area contributed by atoms with E-state index in [1.54, 1.807) is 10.8 Å². The van der Waals surface area contributed by atoms with Gasteiger partial charge in [-0.25, -0.2) is 14.5 Å². The van der Waals surface area contributed by atoms with Crippen LogP contribution in [0, 0.1) is 0 Å². The largest absolute Gasteiger partial charge is 0.486 e. The Morgan fingerprint density at radius 3 is 2.43 bits per heavy atom. The number of rotatable bonds is 4. The Morgan fingerprint density at radius 1 is 0.800 bits per heavy atom. The Balaban J connectivity index is 1.42. The van der Waals surface area contributed by atoms with Crippen LogP contribution in [0.2, 0.25) is 0 Å². The summed E-state index contributed by atoms with van der Waals surface area (Å²) in [4.78, 5) is 9.51. The molecule has 0 bridgehead atoms. The summed E-state index contributed by atoms with van der Waals surface area (Å²) in [6, 6.07) is 32.6. The van der Waals surface area contributed by atoms with Gasteiger partial charge in [-0.3, -0.25) is 0 Å². The highest BCUT2D eigenvalue weighted by atomic mass is 16.5. The minimum atomic E-state index is -0.107. The predicted molar refractivity (Wildman–Crippen MR) is 133 cm³/mol. The molecule has 1 unspecified atom stereocenters. The Bertz CT molecular complexity index is 1680. The molecule has 0 amide bonds. The number of para-hydroxylation sites is 1. The predicted octanol–water partition coefficient (Wildman–Crippen LogP) is 6.14. The zero-order chi connectivity index (χ0) is 23.2. The quantitative estimate of drug-likeness (QED) is 0.318. The number of aromatic nitrogens is 4. The van der Waals surface area contributed by atoms with Crippen LogP contribution >= 0.6 is 0 Å². The SMILES string of the molecule is c1ccc(OCc2nc3c4c(ncn3n2)Oc2ccc3ccccc3c2C4c2ccccc2)cc1. The maximum Gasteiger partial charge on any atom is 0.228 e. The third-order valence-electron chi connectivity index (χ3n) is 6.39. The van der Waals surface area contributed by atoms with Gasteiger partial charge >= 0.3 is 0 Å². The summed E-state index contributed by atoms with van der Waals surface area (Å²) < 4.78 is 14.0. The summed E-state index contributed by atoms with van der Waals surface area (Å²) in [5.41, 5.74) is 3.88. The van der Waals surface area contributed by atoms with Gasteiger partial charge in [0.1, 0.15) is 24.4 Å². The molecule has 1 aliphatic rings. The Hall–Kier alpha value is -4.71. The van der Waals surface area contributed by atoms with Gasteiger partial charge in [0.15, 0.2) is 11.5 Å². The van der Waals surface area contributed by atoms with Crippen molar-refractivity contribution in [2.45, 2.75) is 12.5 Å². The van der Waals surface area contributed by atoms with Crippen LogP contribution in [0.15, 0.2) is 103 Å². The molecule has 168 valence electrons. The van der Waals surface area contributed by atoms with Crippen molar-refractivity contribution in [3.8, 4) is 17.4 Å². The highest BCUT2D eigenvalue weighted by Crippen LogP contribution is 2.50. The maximum absolute atomic E-state index is 6.36. The van der Waals surface area contributed by atoms with E-state index in [1.165, 1.54) is 0 Å². The normalized spacial score (nSPS) is 14.3. The molecule has 6 heteroatoms. The maximum atomic E-state index is 6.36. The molecule has 0 N–H and O–H groups in total. The van der Waals surface area contributed by atoms with Gasteiger partial charge in [0.2, 0.25) is 5.88 Å². The van der Waals surface area contributed by atoms with Crippen molar-refractivity contribution in [3.63, 3.8) is 0 Å². The summed E-state index contributed by atoms with van der Waals surface area (Å²) >= 11 is 0. The molecule has 1 atom stereocenters. The summed E-state index contributed by atoms with van der Waals surface area (Å²) in [5, 5.41) is 6.96. The van der Waals surface area contributed by atoms with Crippen LogP contribution in [0.4, 0.5) is 0 Å². The molecular formula is C29H20N4O2. The summed E-state index contributed by atoms with van der Waals surface area (Å²) in [6.07, 6.45) is 1.65. The van der Waals surface area contributed by atoms with Gasteiger partial charge in [0.25, 0.3) is 0 Å². The van der Waals surface area contributed by atoms with E-state index in [9.17, 15) is 0 Å². The third-order valence-corrected chi connectivity index (χ3v) is 6.39. The number of benzene rings is 4. The summed E-state index contributed by atoms with van der Waals surface area (Å²) in [7, 11) is 0. The smallest absolute Gasteiger partial charge is 0.228 e. The fourth-order valence-electron chi connectivity index (χ4n) is 4.85. The van der Waals surface area contributed by atoms with Crippen LogP contribution in [-0.2, 0) is 6.61 Å². The van der Waals surface area contributed by atoms with Gasteiger partial charge in [0.05, 0.1) is 5.56 Å². The molecule has 4 aromatic carbocycles. The molecule has 7 rings (SSSR count). The molecule has 2 aromatic heterocycles. The van der Waals surface area contributed by atoms with Gasteiger partial charge in [-0.05, 0) is 34.5 Å². The standard InChI is InChI=1S/C29H20N4O2/c1-3-10-20(11-4-1)25-26-22-14-8-7-9-19(22)15-16-23(26)35-29-27(25)28-31-24(32-33(28)18-30-29)17-34-21-12-5-2-6-13-21/h1-16,18,25H,17H2. The van der Waals surface area contributed by atoms with E-state index < -0.39 is 0 Å². The number of hydrogen-bond acceptors (Lipinski definition) is 5. The van der Waals surface area contributed by atoms with Crippen molar-refractivity contribution < 1.29 is 9.47 Å². The van der Waals surface area contributed by atoms with Crippen LogP contribution in [-0.4, -0.2) is 19.6 Å². The fraction of sp³-hybridized carbons (Fsp3) is 0.0690. The molecule has 0 spiro atoms. The molecule has 6 nitrogen and oxygen atoms in total. The summed E-state index contributed by atoms with van der Waals surface area (Å²) in [6.45, 7) is 0.261. The first-order valence-electron chi connectivity index (χ1n) is 11.5. The lowest BCUT2D eigenvalue weighted by Crippen LogP contribution is -2.15. The van der Waals surface area contributed by atoms with E-state index in [-0.39, 0.29) is 12.5 Å². The molecule has 0 saturated heterocycles. The van der Waals surface area contributed by atoms with Gasteiger partial charge in [-0.15, -0.1) is 5.10 Å². The zero-order valence-corrected chi connectivity index (χ0v) is 18.7. The topological polar surface area (TPSA) is 61.5 Å². The van der Waals surface area contributed by atoms with Crippen LogP contribution in [0.3, 0.4) is 0 Å². The average Bonchev–Trinajstić information content (AvgIpc) is 3.35. The van der Waals surface area contributed by atoms with Gasteiger partial charge in [-0.1, -0.05) is 78.9 Å². The van der Waals surface area contributed by atoms with Crippen molar-refractivity contribution in [2.75, 3.05) is 0 Å². The molecule has 35 heavy (non-hydrogen) atoms. The molecule has 0 fully saturated rings. The first kappa shape index (κ1) is 19.7. The molecule has 6 aromatic rings. The second-order valence-corrected chi connectivity index (χ2v) is 8.51. The van der Waals surface area contributed by atoms with E-state index in [0.29, 0.717) is 17.4 Å². The number of nitrogens with zero attached hydrogens (tertiary/aromatic N) is 4. The fourth-order valence-corrected chi connectivity index (χ4v) is 4.85. The minimum Gasteiger partial charge on any atom is -0.486 e. The Morgan fingerprint density at radius 2 is 1.57 bits per heavy atom. The number of fused-ring (bicyclic) bond motifs is 6. The highest BCUT2D eigenvalue weighted by molar-refractivity contribution is 5.90. The first-order chi connectivity index (χ1) is 17.3. The van der Waals surface area contributed by atoms with Crippen LogP contribution in [0.25, 0.3) is 16.4 Å². The van der Waals surface area contributed by atoms with Gasteiger partial charge < -0.3 is 9.47 Å². The van der Waals surface area contributed by atoms with E-state index in [0.717, 1.165) is 39.0 Å². The average molecular weight is 457 g/mol. The van der Waals surface area contributed by atoms with Crippen molar-refractivity contribution in [1.29, 1.82) is 0 Å². The Kier molecular flexibility index (Phi) is 4.48. The zero-order valence-electron chi connectivity index (χ0n) is 18.7. The van der Waals surface area contributed by atoms with Gasteiger partial charge in [-0.2, -0.15) is 0 Å². The van der Waals surface area contributed by atoms with Crippen molar-refractivity contribution in [3.05, 3.63) is 126 Å². The van der Waals surface area contributed by atoms with Gasteiger partial charge in [0, 0.05) is 11.5 Å². The second kappa shape index (κ2) is 7.95. The Labute approximate surface area is 201 Å². The third kappa shape index (κ3) is 3.30. The lowest BCUT2D eigenvalue weighted by molar-refractivity contribution is 0.296. The molecule has 0 aliphatic carbocycles. The number of hydrogen-bond donors (Lipinski definition) is 0. The molecule has 3 heterocycles. The highest BCUT2D eigenvalue weighted by Gasteiger charge is 2.34. The molecule has 1 aliphatic heterocycles. The number of ether oxygens (including phenoxy) is 2. The monoisotopic (exact) mass is 456 g/mol.